The second-order valence-electron chi connectivity index (χ2n) is 3.74. The number of anilines is 2. The van der Waals surface area contributed by atoms with E-state index in [9.17, 15) is 0 Å². The summed E-state index contributed by atoms with van der Waals surface area (Å²) >= 11 is 8.51. The molecule has 19 heavy (non-hydrogen) atoms. The lowest BCUT2D eigenvalue weighted by Gasteiger charge is -2.12. The van der Waals surface area contributed by atoms with Crippen LogP contribution in [0.5, 0.6) is 5.88 Å². The molecule has 0 aliphatic heterocycles. The molecule has 2 aromatic rings. The fraction of sp³-hybridized carbons (Fsp3) is 0.0769. The molecule has 1 aromatic carbocycles. The third-order valence-corrected chi connectivity index (χ3v) is 3.35. The number of halogens is 1. The summed E-state index contributed by atoms with van der Waals surface area (Å²) in [6, 6.07) is 9.36. The van der Waals surface area contributed by atoms with Crippen LogP contribution in [-0.4, -0.2) is 17.1 Å². The Kier molecular flexibility index (Phi) is 4.34. The lowest BCUT2D eigenvalue weighted by atomic mass is 10.1. The van der Waals surface area contributed by atoms with Crippen LogP contribution in [0.2, 0.25) is 0 Å². The zero-order chi connectivity index (χ0) is 13.8. The van der Waals surface area contributed by atoms with Gasteiger partial charge in [-0.2, -0.15) is 0 Å². The van der Waals surface area contributed by atoms with Crippen LogP contribution in [0, 0.1) is 0 Å². The van der Waals surface area contributed by atoms with Gasteiger partial charge in [0.15, 0.2) is 0 Å². The largest absolute Gasteiger partial charge is 0.481 e. The lowest BCUT2D eigenvalue weighted by molar-refractivity contribution is 0.398. The Bertz CT molecular complexity index is 601. The van der Waals surface area contributed by atoms with Gasteiger partial charge in [-0.05, 0) is 34.1 Å². The summed E-state index contributed by atoms with van der Waals surface area (Å²) in [4.78, 5) is 4.46. The number of nitrogens with two attached hydrogens (primary N) is 1. The molecular weight excluding hydrogens is 326 g/mol. The minimum absolute atomic E-state index is 0.330. The van der Waals surface area contributed by atoms with Crippen LogP contribution in [0.3, 0.4) is 0 Å². The van der Waals surface area contributed by atoms with Crippen molar-refractivity contribution >= 4 is 44.5 Å². The Morgan fingerprint density at radius 1 is 1.37 bits per heavy atom. The van der Waals surface area contributed by atoms with Crippen LogP contribution in [0.15, 0.2) is 41.0 Å². The van der Waals surface area contributed by atoms with E-state index in [1.807, 2.05) is 24.3 Å². The lowest BCUT2D eigenvalue weighted by Crippen LogP contribution is -2.12. The molecule has 0 spiro atoms. The van der Waals surface area contributed by atoms with E-state index in [4.69, 9.17) is 22.7 Å². The first kappa shape index (κ1) is 13.8. The van der Waals surface area contributed by atoms with Gasteiger partial charge < -0.3 is 15.8 Å². The van der Waals surface area contributed by atoms with Crippen LogP contribution in [-0.2, 0) is 0 Å². The van der Waals surface area contributed by atoms with Gasteiger partial charge in [-0.15, -0.1) is 0 Å². The van der Waals surface area contributed by atoms with E-state index in [1.54, 1.807) is 19.4 Å². The number of hydrogen-bond acceptors (Lipinski definition) is 4. The zero-order valence-electron chi connectivity index (χ0n) is 10.2. The van der Waals surface area contributed by atoms with Crippen molar-refractivity contribution in [1.29, 1.82) is 0 Å². The van der Waals surface area contributed by atoms with Crippen molar-refractivity contribution in [3.05, 3.63) is 46.6 Å². The first-order chi connectivity index (χ1) is 9.11. The topological polar surface area (TPSA) is 60.2 Å². The molecule has 0 fully saturated rings. The molecule has 0 amide bonds. The Hall–Kier alpha value is -1.66. The maximum absolute atomic E-state index is 5.74. The molecule has 0 aliphatic rings. The van der Waals surface area contributed by atoms with Gasteiger partial charge in [0, 0.05) is 21.8 Å². The van der Waals surface area contributed by atoms with Gasteiger partial charge >= 0.3 is 0 Å². The average molecular weight is 338 g/mol. The number of nitrogens with one attached hydrogen (secondary N) is 1. The maximum atomic E-state index is 5.74. The summed E-state index contributed by atoms with van der Waals surface area (Å²) in [5.74, 6) is 0.564. The molecule has 0 bridgehead atoms. The second-order valence-corrected chi connectivity index (χ2v) is 5.04. The van der Waals surface area contributed by atoms with E-state index in [0.29, 0.717) is 10.9 Å². The van der Waals surface area contributed by atoms with E-state index in [2.05, 4.69) is 26.2 Å². The SMILES string of the molecule is COc1ccc(Nc2cccc(Br)c2C(N)=S)cn1. The molecule has 1 heterocycles. The van der Waals surface area contributed by atoms with Crippen LogP contribution in [0.4, 0.5) is 11.4 Å². The van der Waals surface area contributed by atoms with Crippen LogP contribution in [0.1, 0.15) is 5.56 Å². The summed E-state index contributed by atoms with van der Waals surface area (Å²) in [7, 11) is 1.58. The molecular formula is C13H12BrN3OS. The predicted octanol–water partition coefficient (Wildman–Crippen LogP) is 3.23. The van der Waals surface area contributed by atoms with Gasteiger partial charge in [-0.1, -0.05) is 18.3 Å². The van der Waals surface area contributed by atoms with Crippen molar-refractivity contribution in [2.24, 2.45) is 5.73 Å². The third-order valence-electron chi connectivity index (χ3n) is 2.48. The van der Waals surface area contributed by atoms with Crippen LogP contribution >= 0.6 is 28.1 Å². The molecule has 3 N–H and O–H groups in total. The van der Waals surface area contributed by atoms with Crippen molar-refractivity contribution in [3.63, 3.8) is 0 Å². The first-order valence-corrected chi connectivity index (χ1v) is 6.67. The van der Waals surface area contributed by atoms with Gasteiger partial charge in [0.2, 0.25) is 5.88 Å². The fourth-order valence-corrected chi connectivity index (χ4v) is 2.54. The summed E-state index contributed by atoms with van der Waals surface area (Å²) in [5, 5.41) is 3.23. The number of benzene rings is 1. The predicted molar refractivity (Wildman–Crippen MR) is 84.1 cm³/mol. The Morgan fingerprint density at radius 2 is 2.16 bits per heavy atom. The van der Waals surface area contributed by atoms with Crippen molar-refractivity contribution in [1.82, 2.24) is 4.98 Å². The van der Waals surface area contributed by atoms with E-state index in [1.165, 1.54) is 0 Å². The van der Waals surface area contributed by atoms with Gasteiger partial charge in [0.1, 0.15) is 4.99 Å². The highest BCUT2D eigenvalue weighted by molar-refractivity contribution is 9.10. The van der Waals surface area contributed by atoms with Gasteiger partial charge in [0.05, 0.1) is 19.0 Å². The van der Waals surface area contributed by atoms with E-state index >= 15 is 0 Å². The number of nitrogens with zero attached hydrogens (tertiary/aromatic N) is 1. The van der Waals surface area contributed by atoms with Crippen molar-refractivity contribution in [2.45, 2.75) is 0 Å². The van der Waals surface area contributed by atoms with E-state index in [-0.39, 0.29) is 0 Å². The van der Waals surface area contributed by atoms with Crippen LogP contribution in [0.25, 0.3) is 0 Å². The summed E-state index contributed by atoms with van der Waals surface area (Å²) in [5.41, 5.74) is 8.17. The average Bonchev–Trinajstić information content (AvgIpc) is 2.39. The molecule has 6 heteroatoms. The van der Waals surface area contributed by atoms with Gasteiger partial charge in [-0.25, -0.2) is 4.98 Å². The molecule has 98 valence electrons. The molecule has 0 unspecified atom stereocenters. The number of thiocarbonyl (C=S) groups is 1. The molecule has 0 atom stereocenters. The summed E-state index contributed by atoms with van der Waals surface area (Å²) in [6.07, 6.45) is 1.68. The van der Waals surface area contributed by atoms with Crippen molar-refractivity contribution < 1.29 is 4.74 Å². The molecule has 0 radical (unpaired) electrons. The minimum atomic E-state index is 0.330. The third kappa shape index (κ3) is 3.21. The number of pyridine rings is 1. The standard InChI is InChI=1S/C13H12BrN3OS/c1-18-11-6-5-8(7-16-11)17-10-4-2-3-9(14)12(10)13(15)19/h2-7,17H,1H3,(H2,15,19). The van der Waals surface area contributed by atoms with E-state index < -0.39 is 0 Å². The van der Waals surface area contributed by atoms with Gasteiger partial charge in [-0.3, -0.25) is 0 Å². The van der Waals surface area contributed by atoms with Crippen molar-refractivity contribution in [3.8, 4) is 5.88 Å². The number of aromatic nitrogens is 1. The highest BCUT2D eigenvalue weighted by Gasteiger charge is 2.09. The first-order valence-electron chi connectivity index (χ1n) is 5.47. The summed E-state index contributed by atoms with van der Waals surface area (Å²) < 4.78 is 5.87. The molecule has 2 rings (SSSR count). The number of hydrogen-bond donors (Lipinski definition) is 2. The highest BCUT2D eigenvalue weighted by atomic mass is 79.9. The Balaban J connectivity index is 2.32. The number of methoxy groups -OCH3 is 1. The normalized spacial score (nSPS) is 10.0. The monoisotopic (exact) mass is 337 g/mol. The maximum Gasteiger partial charge on any atom is 0.213 e. The molecule has 0 saturated heterocycles. The molecule has 0 saturated carbocycles. The van der Waals surface area contributed by atoms with Gasteiger partial charge in [0.25, 0.3) is 0 Å². The zero-order valence-corrected chi connectivity index (χ0v) is 12.6. The quantitative estimate of drug-likeness (QED) is 0.838. The molecule has 1 aromatic heterocycles. The number of ether oxygens (including phenoxy) is 1. The number of rotatable bonds is 4. The Labute approximate surface area is 125 Å². The fourth-order valence-electron chi connectivity index (χ4n) is 1.61. The van der Waals surface area contributed by atoms with Crippen molar-refractivity contribution in [2.75, 3.05) is 12.4 Å². The van der Waals surface area contributed by atoms with E-state index in [0.717, 1.165) is 21.4 Å². The summed E-state index contributed by atoms with van der Waals surface area (Å²) in [6.45, 7) is 0. The van der Waals surface area contributed by atoms with Crippen LogP contribution < -0.4 is 15.8 Å². The second kappa shape index (κ2) is 5.99. The molecule has 0 aliphatic carbocycles. The highest BCUT2D eigenvalue weighted by Crippen LogP contribution is 2.27. The minimum Gasteiger partial charge on any atom is -0.481 e. The molecule has 4 nitrogen and oxygen atoms in total. The Morgan fingerprint density at radius 3 is 2.74 bits per heavy atom. The smallest absolute Gasteiger partial charge is 0.213 e.